The molecule has 0 radical (unpaired) electrons. The molecule has 0 atom stereocenters. The smallest absolute Gasteiger partial charge is 0.298 e. The highest BCUT2D eigenvalue weighted by atomic mass is 16.5. The van der Waals surface area contributed by atoms with E-state index in [1.165, 1.54) is 0 Å². The van der Waals surface area contributed by atoms with E-state index in [4.69, 9.17) is 4.74 Å². The van der Waals surface area contributed by atoms with Crippen LogP contribution >= 0.6 is 0 Å². The van der Waals surface area contributed by atoms with Crippen LogP contribution in [0.4, 0.5) is 0 Å². The van der Waals surface area contributed by atoms with Crippen molar-refractivity contribution in [2.75, 3.05) is 6.61 Å². The van der Waals surface area contributed by atoms with Gasteiger partial charge >= 0.3 is 0 Å². The number of H-pyrrole nitrogens is 1. The Hall–Kier alpha value is -4.07. The summed E-state index contributed by atoms with van der Waals surface area (Å²) in [5.41, 5.74) is 5.85. The Bertz CT molecular complexity index is 1290. The monoisotopic (exact) mass is 411 g/mol. The molecule has 31 heavy (non-hydrogen) atoms. The molecule has 0 spiro atoms. The van der Waals surface area contributed by atoms with Gasteiger partial charge < -0.3 is 4.74 Å². The fourth-order valence-corrected chi connectivity index (χ4v) is 3.56. The highest BCUT2D eigenvalue weighted by molar-refractivity contribution is 5.80. The van der Waals surface area contributed by atoms with E-state index < -0.39 is 0 Å². The van der Waals surface area contributed by atoms with Gasteiger partial charge in [-0.2, -0.15) is 10.2 Å². The summed E-state index contributed by atoms with van der Waals surface area (Å²) < 4.78 is 7.90. The van der Waals surface area contributed by atoms with Crippen molar-refractivity contribution >= 4 is 11.2 Å². The van der Waals surface area contributed by atoms with Gasteiger partial charge in [0.2, 0.25) is 5.82 Å². The third-order valence-electron chi connectivity index (χ3n) is 5.02. The molecule has 2 aromatic carbocycles. The van der Waals surface area contributed by atoms with Gasteiger partial charge in [0.15, 0.2) is 5.65 Å². The minimum Gasteiger partial charge on any atom is -0.465 e. The van der Waals surface area contributed by atoms with Crippen molar-refractivity contribution in [3.05, 3.63) is 72.4 Å². The number of nitrogens with one attached hydrogen (secondary N) is 1. The lowest BCUT2D eigenvalue weighted by molar-refractivity contribution is 0.282. The van der Waals surface area contributed by atoms with Crippen LogP contribution in [0.1, 0.15) is 18.9 Å². The number of aromatic amines is 1. The van der Waals surface area contributed by atoms with Crippen LogP contribution in [-0.4, -0.2) is 41.8 Å². The molecule has 154 valence electrons. The maximum Gasteiger partial charge on any atom is 0.298 e. The first-order valence-electron chi connectivity index (χ1n) is 10.2. The normalized spacial score (nSPS) is 11.1. The number of rotatable bonds is 7. The first kappa shape index (κ1) is 18.9. The maximum absolute atomic E-state index is 5.88. The zero-order valence-corrected chi connectivity index (χ0v) is 17.1. The molecule has 0 bridgehead atoms. The maximum atomic E-state index is 5.88. The number of nitrogens with zero attached hydrogens (tertiary/aromatic N) is 6. The van der Waals surface area contributed by atoms with Gasteiger partial charge in [-0.1, -0.05) is 55.5 Å². The zero-order valence-electron chi connectivity index (χ0n) is 17.1. The Balaban J connectivity index is 1.46. The Morgan fingerprint density at radius 3 is 2.58 bits per heavy atom. The zero-order chi connectivity index (χ0) is 21.0. The molecule has 3 heterocycles. The number of imidazole rings is 1. The summed E-state index contributed by atoms with van der Waals surface area (Å²) in [7, 11) is 0. The standard InChI is InChI=1S/C23H21N7O/c1-2-14-31-23-25-20-8-5-13-24-22(20)30(23)15-16-9-11-17(12-10-16)18-6-3-4-7-19(18)21-26-28-29-27-21/h3-13H,2,14-15H2,1H3,(H,26,27,28,29). The molecule has 0 unspecified atom stereocenters. The second-order valence-electron chi connectivity index (χ2n) is 7.15. The molecular formula is C23H21N7O. The van der Waals surface area contributed by atoms with Crippen molar-refractivity contribution < 1.29 is 4.74 Å². The van der Waals surface area contributed by atoms with Crippen molar-refractivity contribution in [3.8, 4) is 28.5 Å². The molecule has 5 rings (SSSR count). The van der Waals surface area contributed by atoms with Gasteiger partial charge in [-0.25, -0.2) is 4.98 Å². The number of fused-ring (bicyclic) bond motifs is 1. The highest BCUT2D eigenvalue weighted by Crippen LogP contribution is 2.30. The quantitative estimate of drug-likeness (QED) is 0.433. The van der Waals surface area contributed by atoms with Gasteiger partial charge in [0.25, 0.3) is 6.01 Å². The number of benzene rings is 2. The third kappa shape index (κ3) is 3.75. The molecule has 0 aliphatic rings. The molecule has 1 N–H and O–H groups in total. The molecule has 5 aromatic rings. The highest BCUT2D eigenvalue weighted by Gasteiger charge is 2.14. The minimum atomic E-state index is 0.577. The second kappa shape index (κ2) is 8.35. The van der Waals surface area contributed by atoms with Gasteiger partial charge in [0, 0.05) is 11.8 Å². The summed E-state index contributed by atoms with van der Waals surface area (Å²) in [6.07, 6.45) is 2.70. The van der Waals surface area contributed by atoms with E-state index in [2.05, 4.69) is 67.8 Å². The number of hydrogen-bond donors (Lipinski definition) is 1. The molecule has 0 saturated heterocycles. The van der Waals surface area contributed by atoms with Crippen molar-refractivity contribution in [1.29, 1.82) is 0 Å². The molecule has 0 amide bonds. The summed E-state index contributed by atoms with van der Waals surface area (Å²) in [5.74, 6) is 0.577. The van der Waals surface area contributed by atoms with E-state index in [0.717, 1.165) is 39.8 Å². The molecule has 8 heteroatoms. The van der Waals surface area contributed by atoms with Gasteiger partial charge in [-0.3, -0.25) is 4.57 Å². The molecule has 8 nitrogen and oxygen atoms in total. The lowest BCUT2D eigenvalue weighted by atomic mass is 9.98. The predicted octanol–water partition coefficient (Wildman–Crippen LogP) is 4.12. The minimum absolute atomic E-state index is 0.577. The Morgan fingerprint density at radius 1 is 0.968 bits per heavy atom. The Kier molecular flexibility index (Phi) is 5.10. The SMILES string of the molecule is CCCOc1nc2cccnc2n1Cc1ccc(-c2ccccc2-c2nn[nH]n2)cc1. The van der Waals surface area contributed by atoms with Crippen molar-refractivity contribution in [2.45, 2.75) is 19.9 Å². The van der Waals surface area contributed by atoms with Crippen LogP contribution in [0.3, 0.4) is 0 Å². The number of ether oxygens (including phenoxy) is 1. The summed E-state index contributed by atoms with van der Waals surface area (Å²) >= 11 is 0. The fraction of sp³-hybridized carbons (Fsp3) is 0.174. The van der Waals surface area contributed by atoms with E-state index in [9.17, 15) is 0 Å². The van der Waals surface area contributed by atoms with Crippen LogP contribution in [-0.2, 0) is 6.54 Å². The average Bonchev–Trinajstić information content (AvgIpc) is 3.47. The van der Waals surface area contributed by atoms with Crippen molar-refractivity contribution in [3.63, 3.8) is 0 Å². The van der Waals surface area contributed by atoms with Crippen molar-refractivity contribution in [1.82, 2.24) is 35.2 Å². The number of aromatic nitrogens is 7. The number of hydrogen-bond acceptors (Lipinski definition) is 6. The number of tetrazole rings is 1. The molecule has 0 aliphatic carbocycles. The van der Waals surface area contributed by atoms with E-state index >= 15 is 0 Å². The molecular weight excluding hydrogens is 390 g/mol. The van der Waals surface area contributed by atoms with Crippen LogP contribution in [0.5, 0.6) is 6.01 Å². The second-order valence-corrected chi connectivity index (χ2v) is 7.15. The van der Waals surface area contributed by atoms with E-state index in [1.54, 1.807) is 6.20 Å². The Labute approximate surface area is 178 Å². The van der Waals surface area contributed by atoms with Crippen LogP contribution in [0.25, 0.3) is 33.7 Å². The van der Waals surface area contributed by atoms with Gasteiger partial charge in [-0.15, -0.1) is 10.2 Å². The lowest BCUT2D eigenvalue weighted by Gasteiger charge is -2.11. The Morgan fingerprint density at radius 2 is 1.81 bits per heavy atom. The third-order valence-corrected chi connectivity index (χ3v) is 5.02. The predicted molar refractivity (Wildman–Crippen MR) is 117 cm³/mol. The van der Waals surface area contributed by atoms with Crippen LogP contribution in [0.15, 0.2) is 66.9 Å². The van der Waals surface area contributed by atoms with Crippen LogP contribution in [0, 0.1) is 0 Å². The molecule has 0 saturated carbocycles. The summed E-state index contributed by atoms with van der Waals surface area (Å²) in [6, 6.07) is 20.9. The summed E-state index contributed by atoms with van der Waals surface area (Å²) in [5, 5.41) is 14.4. The van der Waals surface area contributed by atoms with Gasteiger partial charge in [0.1, 0.15) is 5.52 Å². The molecule has 0 aliphatic heterocycles. The van der Waals surface area contributed by atoms with E-state index in [1.807, 2.05) is 34.9 Å². The molecule has 3 aromatic heterocycles. The van der Waals surface area contributed by atoms with Crippen molar-refractivity contribution in [2.24, 2.45) is 0 Å². The molecule has 0 fully saturated rings. The average molecular weight is 411 g/mol. The number of pyridine rings is 1. The first-order chi connectivity index (χ1) is 15.3. The summed E-state index contributed by atoms with van der Waals surface area (Å²) in [6.45, 7) is 3.32. The van der Waals surface area contributed by atoms with Crippen LogP contribution < -0.4 is 4.74 Å². The van der Waals surface area contributed by atoms with E-state index in [-0.39, 0.29) is 0 Å². The lowest BCUT2D eigenvalue weighted by Crippen LogP contribution is -2.06. The topological polar surface area (TPSA) is 94.4 Å². The van der Waals surface area contributed by atoms with Gasteiger partial charge in [-0.05, 0) is 40.5 Å². The van der Waals surface area contributed by atoms with Gasteiger partial charge in [0.05, 0.1) is 13.2 Å². The van der Waals surface area contributed by atoms with E-state index in [0.29, 0.717) is 25.0 Å². The largest absolute Gasteiger partial charge is 0.465 e. The fourth-order valence-electron chi connectivity index (χ4n) is 3.56. The van der Waals surface area contributed by atoms with Crippen LogP contribution in [0.2, 0.25) is 0 Å². The first-order valence-corrected chi connectivity index (χ1v) is 10.2. The summed E-state index contributed by atoms with van der Waals surface area (Å²) in [4.78, 5) is 9.12.